The fourth-order valence-corrected chi connectivity index (χ4v) is 2.23. The van der Waals surface area contributed by atoms with Gasteiger partial charge in [0.2, 0.25) is 0 Å². The predicted octanol–water partition coefficient (Wildman–Crippen LogP) is -0.914. The monoisotopic (exact) mass is 309 g/mol. The Labute approximate surface area is 107 Å². The summed E-state index contributed by atoms with van der Waals surface area (Å²) in [6, 6.07) is 13.0. The predicted molar refractivity (Wildman–Crippen MR) is 55.9 cm³/mol. The van der Waals surface area contributed by atoms with Crippen LogP contribution >= 0.6 is 0 Å². The van der Waals surface area contributed by atoms with E-state index in [-0.39, 0.29) is 24.0 Å². The fourth-order valence-electron chi connectivity index (χ4n) is 2.23. The van der Waals surface area contributed by atoms with Crippen LogP contribution in [-0.2, 0) is 13.5 Å². The normalized spacial score (nSPS) is 11.5. The second-order valence-corrected chi connectivity index (χ2v) is 3.81. The molecule has 0 bridgehead atoms. The van der Waals surface area contributed by atoms with Crippen LogP contribution in [0.3, 0.4) is 0 Å². The molecule has 2 heteroatoms. The van der Waals surface area contributed by atoms with Gasteiger partial charge in [-0.1, -0.05) is 24.3 Å². The molecule has 76 valence electrons. The van der Waals surface area contributed by atoms with E-state index < -0.39 is 0 Å². The Hall–Kier alpha value is -0.900. The van der Waals surface area contributed by atoms with Gasteiger partial charge in [-0.15, -0.1) is 0 Å². The van der Waals surface area contributed by atoms with Crippen LogP contribution in [0.15, 0.2) is 42.6 Å². The molecular weight excluding hydrogens is 297 g/mol. The lowest BCUT2D eigenvalue weighted by molar-refractivity contribution is -0.677. The zero-order valence-corrected chi connectivity index (χ0v) is 10.7. The molecule has 0 saturated carbocycles. The zero-order valence-electron chi connectivity index (χ0n) is 8.57. The highest BCUT2D eigenvalue weighted by atomic mass is 127. The van der Waals surface area contributed by atoms with Crippen LogP contribution < -0.4 is 28.5 Å². The Bertz CT molecular complexity index is 506. The van der Waals surface area contributed by atoms with Crippen LogP contribution in [-0.4, -0.2) is 0 Å². The average Bonchev–Trinajstić information content (AvgIpc) is 2.59. The third-order valence-corrected chi connectivity index (χ3v) is 2.97. The highest BCUT2D eigenvalue weighted by Crippen LogP contribution is 2.33. The first-order valence-electron chi connectivity index (χ1n) is 4.92. The molecule has 1 heterocycles. The first kappa shape index (κ1) is 10.6. The van der Waals surface area contributed by atoms with Crippen LogP contribution in [0.4, 0.5) is 0 Å². The molecule has 1 aromatic carbocycles. The van der Waals surface area contributed by atoms with E-state index in [0.29, 0.717) is 0 Å². The molecule has 0 amide bonds. The summed E-state index contributed by atoms with van der Waals surface area (Å²) in [5.74, 6) is 0. The smallest absolute Gasteiger partial charge is 0.193 e. The van der Waals surface area contributed by atoms with Crippen LogP contribution in [0.2, 0.25) is 0 Å². The number of hydrogen-bond acceptors (Lipinski definition) is 0. The number of halogens is 1. The Morgan fingerprint density at radius 2 is 1.73 bits per heavy atom. The number of nitrogens with zero attached hydrogens (tertiary/aromatic N) is 1. The van der Waals surface area contributed by atoms with Gasteiger partial charge >= 0.3 is 0 Å². The van der Waals surface area contributed by atoms with Crippen molar-refractivity contribution in [3.63, 3.8) is 0 Å². The first-order valence-corrected chi connectivity index (χ1v) is 4.92. The van der Waals surface area contributed by atoms with Gasteiger partial charge in [0.15, 0.2) is 11.9 Å². The number of fused-ring (bicyclic) bond motifs is 3. The van der Waals surface area contributed by atoms with Crippen molar-refractivity contribution in [2.24, 2.45) is 7.05 Å². The summed E-state index contributed by atoms with van der Waals surface area (Å²) in [5, 5.41) is 0. The lowest BCUT2D eigenvalue weighted by Crippen LogP contribution is -3.00. The number of aromatic nitrogens is 1. The molecule has 0 N–H and O–H groups in total. The highest BCUT2D eigenvalue weighted by Gasteiger charge is 2.24. The van der Waals surface area contributed by atoms with E-state index in [4.69, 9.17) is 0 Å². The van der Waals surface area contributed by atoms with Gasteiger partial charge in [0.1, 0.15) is 7.05 Å². The molecular formula is C13H12IN. The second kappa shape index (κ2) is 3.93. The first-order chi connectivity index (χ1) is 6.86. The average molecular weight is 309 g/mol. The Kier molecular flexibility index (Phi) is 2.78. The van der Waals surface area contributed by atoms with Gasteiger partial charge in [0.05, 0.1) is 6.42 Å². The number of hydrogen-bond donors (Lipinski definition) is 0. The summed E-state index contributed by atoms with van der Waals surface area (Å²) < 4.78 is 2.22. The summed E-state index contributed by atoms with van der Waals surface area (Å²) in [6.07, 6.45) is 3.19. The van der Waals surface area contributed by atoms with Crippen molar-refractivity contribution in [1.29, 1.82) is 0 Å². The largest absolute Gasteiger partial charge is 1.00 e. The van der Waals surface area contributed by atoms with E-state index in [1.54, 1.807) is 0 Å². The lowest BCUT2D eigenvalue weighted by atomic mass is 10.1. The minimum absolute atomic E-state index is 0. The van der Waals surface area contributed by atoms with Gasteiger partial charge in [-0.05, 0) is 17.2 Å². The maximum atomic E-state index is 2.22. The fraction of sp³-hybridized carbons (Fsp3) is 0.154. The molecule has 0 aliphatic heterocycles. The molecule has 15 heavy (non-hydrogen) atoms. The van der Waals surface area contributed by atoms with Crippen LogP contribution in [0, 0.1) is 0 Å². The molecule has 0 fully saturated rings. The Balaban J connectivity index is 0.000000853. The Morgan fingerprint density at radius 1 is 1.00 bits per heavy atom. The molecule has 3 rings (SSSR count). The summed E-state index contributed by atoms with van der Waals surface area (Å²) in [6.45, 7) is 0. The Morgan fingerprint density at radius 3 is 2.60 bits per heavy atom. The minimum atomic E-state index is 0. The summed E-state index contributed by atoms with van der Waals surface area (Å²) >= 11 is 0. The van der Waals surface area contributed by atoms with Gasteiger partial charge in [-0.25, -0.2) is 4.57 Å². The SMILES string of the molecule is C[n+]1cccc2c1Cc1ccccc1-2.[I-]. The number of pyridine rings is 1. The van der Waals surface area contributed by atoms with Crippen LogP contribution in [0.1, 0.15) is 11.3 Å². The maximum absolute atomic E-state index is 2.22. The standard InChI is InChI=1S/C13H12N.HI/c1-14-8-4-7-12-11-6-3-2-5-10(11)9-13(12)14;/h2-8H,9H2,1H3;1H/q+1;/p-1. The van der Waals surface area contributed by atoms with Crippen molar-refractivity contribution in [1.82, 2.24) is 0 Å². The van der Waals surface area contributed by atoms with Gasteiger partial charge in [0, 0.05) is 11.6 Å². The molecule has 1 aliphatic rings. The van der Waals surface area contributed by atoms with Crippen LogP contribution in [0.25, 0.3) is 11.1 Å². The van der Waals surface area contributed by atoms with Crippen molar-refractivity contribution >= 4 is 0 Å². The highest BCUT2D eigenvalue weighted by molar-refractivity contribution is 5.73. The van der Waals surface area contributed by atoms with Gasteiger partial charge < -0.3 is 24.0 Å². The number of rotatable bonds is 0. The molecule has 0 radical (unpaired) electrons. The number of benzene rings is 1. The van der Waals surface area contributed by atoms with Crippen molar-refractivity contribution in [2.75, 3.05) is 0 Å². The lowest BCUT2D eigenvalue weighted by Gasteiger charge is -1.97. The van der Waals surface area contributed by atoms with E-state index in [0.717, 1.165) is 6.42 Å². The molecule has 1 aliphatic carbocycles. The third kappa shape index (κ3) is 1.57. The topological polar surface area (TPSA) is 3.88 Å². The number of aryl methyl sites for hydroxylation is 1. The van der Waals surface area contributed by atoms with Crippen molar-refractivity contribution in [2.45, 2.75) is 6.42 Å². The van der Waals surface area contributed by atoms with E-state index in [9.17, 15) is 0 Å². The molecule has 0 atom stereocenters. The second-order valence-electron chi connectivity index (χ2n) is 3.81. The molecule has 2 aromatic rings. The van der Waals surface area contributed by atoms with Crippen molar-refractivity contribution in [3.8, 4) is 11.1 Å². The molecule has 1 aromatic heterocycles. The maximum Gasteiger partial charge on any atom is 0.193 e. The summed E-state index contributed by atoms with van der Waals surface area (Å²) in [4.78, 5) is 0. The van der Waals surface area contributed by atoms with E-state index in [1.165, 1.54) is 22.4 Å². The molecule has 0 saturated heterocycles. The van der Waals surface area contributed by atoms with Gasteiger partial charge in [-0.3, -0.25) is 0 Å². The summed E-state index contributed by atoms with van der Waals surface area (Å²) in [5.41, 5.74) is 5.67. The molecule has 0 unspecified atom stereocenters. The van der Waals surface area contributed by atoms with E-state index in [1.807, 2.05) is 0 Å². The quantitative estimate of drug-likeness (QED) is 0.374. The van der Waals surface area contributed by atoms with E-state index >= 15 is 0 Å². The van der Waals surface area contributed by atoms with Gasteiger partial charge in [-0.2, -0.15) is 0 Å². The molecule has 0 spiro atoms. The minimum Gasteiger partial charge on any atom is -1.00 e. The third-order valence-electron chi connectivity index (χ3n) is 2.97. The van der Waals surface area contributed by atoms with Crippen LogP contribution in [0.5, 0.6) is 0 Å². The zero-order chi connectivity index (χ0) is 9.54. The summed E-state index contributed by atoms with van der Waals surface area (Å²) in [7, 11) is 2.12. The van der Waals surface area contributed by atoms with E-state index in [2.05, 4.69) is 54.2 Å². The van der Waals surface area contributed by atoms with Crippen molar-refractivity contribution in [3.05, 3.63) is 53.9 Å². The molecule has 1 nitrogen and oxygen atoms in total. The van der Waals surface area contributed by atoms with Crippen molar-refractivity contribution < 1.29 is 28.5 Å². The van der Waals surface area contributed by atoms with Gasteiger partial charge in [0.25, 0.3) is 0 Å².